The van der Waals surface area contributed by atoms with E-state index in [4.69, 9.17) is 47.4 Å². The quantitative estimate of drug-likeness (QED) is 0.0897. The summed E-state index contributed by atoms with van der Waals surface area (Å²) < 4.78 is 58.2. The van der Waals surface area contributed by atoms with E-state index in [1.807, 2.05) is 6.07 Å². The first-order valence-electron chi connectivity index (χ1n) is 14.2. The second-order valence-electron chi connectivity index (χ2n) is 8.34. The Morgan fingerprint density at radius 1 is 0.452 bits per heavy atom. The lowest BCUT2D eigenvalue weighted by atomic mass is 10.2. The van der Waals surface area contributed by atoms with Gasteiger partial charge < -0.3 is 52.1 Å². The average Bonchev–Trinajstić information content (AvgIpc) is 3.02. The number of hydrogen-bond acceptors (Lipinski definition) is 13. The highest BCUT2D eigenvalue weighted by Gasteiger charge is 2.05. The fourth-order valence-corrected chi connectivity index (χ4v) is 2.97. The Labute approximate surface area is 248 Å². The van der Waals surface area contributed by atoms with Crippen LogP contribution < -0.4 is 0 Å². The van der Waals surface area contributed by atoms with Gasteiger partial charge >= 0.3 is 11.9 Å². The van der Waals surface area contributed by atoms with Crippen molar-refractivity contribution in [2.75, 3.05) is 133 Å². The molecule has 13 heteroatoms. The van der Waals surface area contributed by atoms with Crippen molar-refractivity contribution in [2.24, 2.45) is 0 Å². The first-order chi connectivity index (χ1) is 20.7. The molecular formula is C29H48O13. The third-order valence-electron chi connectivity index (χ3n) is 5.12. The van der Waals surface area contributed by atoms with E-state index in [1.165, 1.54) is 7.11 Å². The second-order valence-corrected chi connectivity index (χ2v) is 8.34. The molecule has 0 aliphatic carbocycles. The molecule has 0 saturated heterocycles. The average molecular weight is 605 g/mol. The van der Waals surface area contributed by atoms with E-state index in [9.17, 15) is 9.59 Å². The zero-order chi connectivity index (χ0) is 30.2. The van der Waals surface area contributed by atoms with Crippen LogP contribution in [0.15, 0.2) is 30.3 Å². The van der Waals surface area contributed by atoms with E-state index < -0.39 is 0 Å². The van der Waals surface area contributed by atoms with Gasteiger partial charge in [-0.15, -0.1) is 0 Å². The topological polar surface area (TPSA) is 136 Å². The van der Waals surface area contributed by atoms with Gasteiger partial charge in [-0.05, 0) is 12.1 Å². The Morgan fingerprint density at radius 3 is 1.10 bits per heavy atom. The van der Waals surface area contributed by atoms with Crippen LogP contribution >= 0.6 is 0 Å². The summed E-state index contributed by atoms with van der Waals surface area (Å²) in [5, 5.41) is 0. The van der Waals surface area contributed by atoms with Gasteiger partial charge in [0.2, 0.25) is 0 Å². The van der Waals surface area contributed by atoms with Crippen LogP contribution in [0.2, 0.25) is 0 Å². The molecule has 0 saturated carbocycles. The van der Waals surface area contributed by atoms with Crippen LogP contribution in [0.4, 0.5) is 0 Å². The van der Waals surface area contributed by atoms with Crippen LogP contribution in [0.3, 0.4) is 0 Å². The number of benzene rings is 1. The van der Waals surface area contributed by atoms with E-state index >= 15 is 0 Å². The van der Waals surface area contributed by atoms with Gasteiger partial charge in [-0.1, -0.05) is 18.2 Å². The summed E-state index contributed by atoms with van der Waals surface area (Å²) in [6.45, 7) is 8.30. The van der Waals surface area contributed by atoms with Gasteiger partial charge in [0.15, 0.2) is 0 Å². The molecule has 13 nitrogen and oxygen atoms in total. The molecule has 0 aliphatic heterocycles. The number of carbonyl (C=O) groups excluding carboxylic acids is 2. The van der Waals surface area contributed by atoms with Gasteiger partial charge in [-0.2, -0.15) is 0 Å². The van der Waals surface area contributed by atoms with E-state index in [0.29, 0.717) is 124 Å². The van der Waals surface area contributed by atoms with E-state index in [2.05, 4.69) is 4.74 Å². The number of rotatable bonds is 31. The molecule has 0 bridgehead atoms. The molecule has 0 fully saturated rings. The molecule has 0 amide bonds. The zero-order valence-corrected chi connectivity index (χ0v) is 24.8. The van der Waals surface area contributed by atoms with Crippen molar-refractivity contribution in [2.45, 2.75) is 6.42 Å². The third-order valence-corrected chi connectivity index (χ3v) is 5.12. The summed E-state index contributed by atoms with van der Waals surface area (Å²) in [5.74, 6) is -0.649. The van der Waals surface area contributed by atoms with Crippen molar-refractivity contribution < 1.29 is 61.7 Å². The minimum absolute atomic E-state index is 0.199. The normalized spacial score (nSPS) is 11.1. The monoisotopic (exact) mass is 604 g/mol. The Bertz CT molecular complexity index is 735. The summed E-state index contributed by atoms with van der Waals surface area (Å²) in [6, 6.07) is 8.83. The van der Waals surface area contributed by atoms with Crippen molar-refractivity contribution >= 4 is 11.9 Å². The lowest BCUT2D eigenvalue weighted by molar-refractivity contribution is -0.141. The SMILES string of the molecule is COC(=O)CCOCCOCCOCCOCCOCCOCCOCCOCCOCCOC(=O)c1ccccc1. The van der Waals surface area contributed by atoms with Crippen LogP contribution in [0.5, 0.6) is 0 Å². The van der Waals surface area contributed by atoms with Gasteiger partial charge in [0.05, 0.1) is 138 Å². The minimum atomic E-state index is -0.359. The van der Waals surface area contributed by atoms with Gasteiger partial charge in [0.25, 0.3) is 0 Å². The summed E-state index contributed by atoms with van der Waals surface area (Å²) in [6.07, 6.45) is 0.241. The maximum atomic E-state index is 11.8. The molecule has 0 heterocycles. The number of carbonyl (C=O) groups is 2. The fourth-order valence-electron chi connectivity index (χ4n) is 2.97. The van der Waals surface area contributed by atoms with Gasteiger partial charge in [-0.3, -0.25) is 4.79 Å². The highest BCUT2D eigenvalue weighted by Crippen LogP contribution is 2.00. The van der Waals surface area contributed by atoms with Gasteiger partial charge in [0.1, 0.15) is 6.61 Å². The predicted octanol–water partition coefficient (Wildman–Crippen LogP) is 1.56. The Morgan fingerprint density at radius 2 is 0.762 bits per heavy atom. The van der Waals surface area contributed by atoms with Crippen LogP contribution in [0.1, 0.15) is 16.8 Å². The number of methoxy groups -OCH3 is 1. The standard InChI is InChI=1S/C29H48O13/c1-32-28(30)7-8-33-9-10-34-11-12-35-13-14-36-15-16-37-17-18-38-19-20-39-21-22-40-23-24-41-25-26-42-29(31)27-5-3-2-4-6-27/h2-6H,7-26H2,1H3. The van der Waals surface area contributed by atoms with E-state index in [-0.39, 0.29) is 25.0 Å². The molecule has 1 aromatic carbocycles. The van der Waals surface area contributed by atoms with Crippen molar-refractivity contribution in [3.05, 3.63) is 35.9 Å². The van der Waals surface area contributed by atoms with E-state index in [1.54, 1.807) is 24.3 Å². The molecule has 0 aliphatic rings. The minimum Gasteiger partial charge on any atom is -0.469 e. The first-order valence-corrected chi connectivity index (χ1v) is 14.2. The highest BCUT2D eigenvalue weighted by atomic mass is 16.6. The summed E-state index contributed by atoms with van der Waals surface area (Å²) in [5.41, 5.74) is 0.522. The third kappa shape index (κ3) is 25.5. The van der Waals surface area contributed by atoms with Crippen molar-refractivity contribution in [1.29, 1.82) is 0 Å². The Hall–Kier alpha value is -2.20. The van der Waals surface area contributed by atoms with E-state index in [0.717, 1.165) is 0 Å². The van der Waals surface area contributed by atoms with Crippen molar-refractivity contribution in [3.63, 3.8) is 0 Å². The van der Waals surface area contributed by atoms with Gasteiger partial charge in [-0.25, -0.2) is 4.79 Å². The Balaban J connectivity index is 1.65. The molecule has 0 aromatic heterocycles. The number of ether oxygens (including phenoxy) is 11. The molecule has 0 radical (unpaired) electrons. The second kappa shape index (κ2) is 30.3. The summed E-state index contributed by atoms with van der Waals surface area (Å²) in [7, 11) is 1.35. The summed E-state index contributed by atoms with van der Waals surface area (Å²) >= 11 is 0. The molecule has 0 atom stereocenters. The molecule has 1 aromatic rings. The molecule has 242 valence electrons. The largest absolute Gasteiger partial charge is 0.469 e. The van der Waals surface area contributed by atoms with Crippen molar-refractivity contribution in [3.8, 4) is 0 Å². The number of esters is 2. The maximum absolute atomic E-state index is 11.8. The predicted molar refractivity (Wildman–Crippen MR) is 151 cm³/mol. The molecule has 42 heavy (non-hydrogen) atoms. The van der Waals surface area contributed by atoms with Gasteiger partial charge in [0, 0.05) is 0 Å². The molecule has 1 rings (SSSR count). The van der Waals surface area contributed by atoms with Crippen LogP contribution in [0.25, 0.3) is 0 Å². The van der Waals surface area contributed by atoms with Crippen LogP contribution in [-0.4, -0.2) is 145 Å². The lowest BCUT2D eigenvalue weighted by Crippen LogP contribution is -2.15. The zero-order valence-electron chi connectivity index (χ0n) is 24.8. The maximum Gasteiger partial charge on any atom is 0.338 e. The number of hydrogen-bond donors (Lipinski definition) is 0. The molecular weight excluding hydrogens is 556 g/mol. The Kier molecular flexibility index (Phi) is 27.3. The highest BCUT2D eigenvalue weighted by molar-refractivity contribution is 5.89. The van der Waals surface area contributed by atoms with Crippen LogP contribution in [-0.2, 0) is 56.9 Å². The molecule has 0 spiro atoms. The summed E-state index contributed by atoms with van der Waals surface area (Å²) in [4.78, 5) is 22.7. The van der Waals surface area contributed by atoms with Crippen LogP contribution in [0, 0.1) is 0 Å². The lowest BCUT2D eigenvalue weighted by Gasteiger charge is -2.09. The fraction of sp³-hybridized carbons (Fsp3) is 0.724. The first kappa shape index (κ1) is 37.8. The van der Waals surface area contributed by atoms with Crippen molar-refractivity contribution in [1.82, 2.24) is 0 Å². The molecule has 0 unspecified atom stereocenters. The smallest absolute Gasteiger partial charge is 0.338 e. The molecule has 0 N–H and O–H groups in total.